The first kappa shape index (κ1) is 19.9. The van der Waals surface area contributed by atoms with Crippen LogP contribution in [0, 0.1) is 18.3 Å². The van der Waals surface area contributed by atoms with E-state index in [4.69, 9.17) is 32.4 Å². The predicted octanol–water partition coefficient (Wildman–Crippen LogP) is 5.42. The number of furan rings is 1. The molecular formula is C20H16Cl2N4O2. The number of nitrogens with one attached hydrogen (secondary N) is 1. The molecule has 0 saturated heterocycles. The van der Waals surface area contributed by atoms with Crippen molar-refractivity contribution in [2.45, 2.75) is 13.5 Å². The van der Waals surface area contributed by atoms with Crippen molar-refractivity contribution in [1.82, 2.24) is 4.98 Å². The van der Waals surface area contributed by atoms with E-state index in [0.29, 0.717) is 45.1 Å². The van der Waals surface area contributed by atoms with Crippen LogP contribution in [0.5, 0.6) is 0 Å². The van der Waals surface area contributed by atoms with E-state index in [1.807, 2.05) is 19.1 Å². The zero-order chi connectivity index (χ0) is 20.1. The van der Waals surface area contributed by atoms with E-state index in [2.05, 4.69) is 21.6 Å². The number of nitriles is 1. The van der Waals surface area contributed by atoms with Gasteiger partial charge in [0.05, 0.1) is 22.9 Å². The van der Waals surface area contributed by atoms with Crippen molar-refractivity contribution in [1.29, 1.82) is 5.26 Å². The molecule has 28 heavy (non-hydrogen) atoms. The number of pyridine rings is 1. The maximum atomic E-state index is 9.43. The van der Waals surface area contributed by atoms with Gasteiger partial charge in [0.2, 0.25) is 0 Å². The van der Waals surface area contributed by atoms with Gasteiger partial charge in [-0.1, -0.05) is 29.3 Å². The Balaban J connectivity index is 1.80. The Morgan fingerprint density at radius 1 is 1.32 bits per heavy atom. The largest absolute Gasteiger partial charge is 0.455 e. The summed E-state index contributed by atoms with van der Waals surface area (Å²) in [5, 5.41) is 14.4. The Bertz CT molecular complexity index is 1070. The van der Waals surface area contributed by atoms with Crippen LogP contribution >= 0.6 is 23.2 Å². The first-order chi connectivity index (χ1) is 13.5. The normalized spacial score (nSPS) is 11.0. The fourth-order valence-electron chi connectivity index (χ4n) is 2.63. The molecular weight excluding hydrogens is 399 g/mol. The molecule has 0 spiro atoms. The third-order valence-corrected chi connectivity index (χ3v) is 4.67. The van der Waals surface area contributed by atoms with Crippen molar-refractivity contribution in [3.63, 3.8) is 0 Å². The number of benzene rings is 1. The first-order valence-electron chi connectivity index (χ1n) is 8.26. The predicted molar refractivity (Wildman–Crippen MR) is 110 cm³/mol. The summed E-state index contributed by atoms with van der Waals surface area (Å²) < 4.78 is 10.9. The molecule has 8 heteroatoms. The van der Waals surface area contributed by atoms with Crippen molar-refractivity contribution >= 4 is 35.2 Å². The molecule has 1 aromatic carbocycles. The number of hydrogen-bond donors (Lipinski definition) is 1. The maximum Gasteiger partial charge on any atom is 0.164 e. The minimum Gasteiger partial charge on any atom is -0.455 e. The molecule has 0 unspecified atom stereocenters. The summed E-state index contributed by atoms with van der Waals surface area (Å²) in [6.07, 6.45) is 1.49. The molecule has 2 aromatic heterocycles. The standard InChI is InChI=1S/C20H16Cl2N4O2/c1-12-8-13(11-27-2)16(9-23)20(25-12)26-24-10-14-6-7-18(28-14)15-4-3-5-17(21)19(15)22/h3-8,10H,11H2,1-2H3,(H,25,26)/b24-10+. The van der Waals surface area contributed by atoms with Crippen LogP contribution in [0.15, 0.2) is 45.9 Å². The van der Waals surface area contributed by atoms with Crippen LogP contribution in [0.25, 0.3) is 11.3 Å². The Labute approximate surface area is 172 Å². The van der Waals surface area contributed by atoms with Gasteiger partial charge in [-0.3, -0.25) is 5.43 Å². The van der Waals surface area contributed by atoms with Crippen LogP contribution < -0.4 is 5.43 Å². The van der Waals surface area contributed by atoms with Gasteiger partial charge >= 0.3 is 0 Å². The molecule has 1 N–H and O–H groups in total. The maximum absolute atomic E-state index is 9.43. The van der Waals surface area contributed by atoms with Crippen molar-refractivity contribution in [2.75, 3.05) is 12.5 Å². The second kappa shape index (κ2) is 8.89. The summed E-state index contributed by atoms with van der Waals surface area (Å²) in [5.41, 5.74) is 5.36. The highest BCUT2D eigenvalue weighted by Gasteiger charge is 2.12. The minimum absolute atomic E-state index is 0.312. The number of hydrogen-bond acceptors (Lipinski definition) is 6. The van der Waals surface area contributed by atoms with Gasteiger partial charge < -0.3 is 9.15 Å². The molecule has 142 valence electrons. The lowest BCUT2D eigenvalue weighted by atomic mass is 10.1. The molecule has 2 heterocycles. The number of rotatable bonds is 6. The third-order valence-electron chi connectivity index (χ3n) is 3.85. The summed E-state index contributed by atoms with van der Waals surface area (Å²) in [5.74, 6) is 1.43. The highest BCUT2D eigenvalue weighted by atomic mass is 35.5. The van der Waals surface area contributed by atoms with Gasteiger partial charge in [-0.2, -0.15) is 10.4 Å². The number of methoxy groups -OCH3 is 1. The fourth-order valence-corrected chi connectivity index (χ4v) is 3.03. The lowest BCUT2D eigenvalue weighted by molar-refractivity contribution is 0.184. The quantitative estimate of drug-likeness (QED) is 0.429. The zero-order valence-corrected chi connectivity index (χ0v) is 16.7. The van der Waals surface area contributed by atoms with Crippen molar-refractivity contribution in [2.24, 2.45) is 5.10 Å². The monoisotopic (exact) mass is 414 g/mol. The molecule has 0 aliphatic rings. The molecule has 3 rings (SSSR count). The summed E-state index contributed by atoms with van der Waals surface area (Å²) >= 11 is 12.3. The number of halogens is 2. The van der Waals surface area contributed by atoms with E-state index in [0.717, 1.165) is 11.3 Å². The fraction of sp³-hybridized carbons (Fsp3) is 0.150. The average Bonchev–Trinajstić information content (AvgIpc) is 3.13. The summed E-state index contributed by atoms with van der Waals surface area (Å²) in [7, 11) is 1.57. The number of nitrogens with zero attached hydrogens (tertiary/aromatic N) is 3. The lowest BCUT2D eigenvalue weighted by Crippen LogP contribution is -2.03. The lowest BCUT2D eigenvalue weighted by Gasteiger charge is -2.08. The summed E-state index contributed by atoms with van der Waals surface area (Å²) in [6, 6.07) is 12.8. The molecule has 0 bridgehead atoms. The topological polar surface area (TPSA) is 83.4 Å². The molecule has 0 atom stereocenters. The van der Waals surface area contributed by atoms with Gasteiger partial charge in [0.25, 0.3) is 0 Å². The molecule has 3 aromatic rings. The number of anilines is 1. The number of aryl methyl sites for hydroxylation is 1. The van der Waals surface area contributed by atoms with E-state index < -0.39 is 0 Å². The number of aromatic nitrogens is 1. The Morgan fingerprint density at radius 2 is 2.14 bits per heavy atom. The second-order valence-corrected chi connectivity index (χ2v) is 6.65. The Kier molecular flexibility index (Phi) is 6.32. The van der Waals surface area contributed by atoms with Gasteiger partial charge in [0.1, 0.15) is 23.2 Å². The number of hydrazone groups is 1. The van der Waals surface area contributed by atoms with Crippen LogP contribution in [0.3, 0.4) is 0 Å². The second-order valence-electron chi connectivity index (χ2n) is 5.86. The molecule has 0 amide bonds. The van der Waals surface area contributed by atoms with Crippen LogP contribution in [-0.4, -0.2) is 18.3 Å². The van der Waals surface area contributed by atoms with Crippen LogP contribution in [0.4, 0.5) is 5.82 Å². The van der Waals surface area contributed by atoms with Crippen LogP contribution in [0.2, 0.25) is 10.0 Å². The highest BCUT2D eigenvalue weighted by molar-refractivity contribution is 6.43. The minimum atomic E-state index is 0.312. The van der Waals surface area contributed by atoms with Gasteiger partial charge in [0.15, 0.2) is 5.82 Å². The van der Waals surface area contributed by atoms with E-state index >= 15 is 0 Å². The van der Waals surface area contributed by atoms with E-state index in [1.54, 1.807) is 31.4 Å². The highest BCUT2D eigenvalue weighted by Crippen LogP contribution is 2.34. The van der Waals surface area contributed by atoms with Crippen molar-refractivity contribution in [3.8, 4) is 17.4 Å². The Hall–Kier alpha value is -2.85. The van der Waals surface area contributed by atoms with Gasteiger partial charge in [0, 0.05) is 23.9 Å². The van der Waals surface area contributed by atoms with Crippen LogP contribution in [-0.2, 0) is 11.3 Å². The van der Waals surface area contributed by atoms with E-state index in [1.165, 1.54) is 6.21 Å². The molecule has 0 aliphatic carbocycles. The summed E-state index contributed by atoms with van der Waals surface area (Å²) in [6.45, 7) is 2.15. The average molecular weight is 415 g/mol. The van der Waals surface area contributed by atoms with E-state index in [-0.39, 0.29) is 0 Å². The summed E-state index contributed by atoms with van der Waals surface area (Å²) in [4.78, 5) is 4.33. The van der Waals surface area contributed by atoms with Gasteiger partial charge in [-0.25, -0.2) is 4.98 Å². The van der Waals surface area contributed by atoms with Crippen molar-refractivity contribution < 1.29 is 9.15 Å². The zero-order valence-electron chi connectivity index (χ0n) is 15.2. The molecule has 0 radical (unpaired) electrons. The molecule has 0 aliphatic heterocycles. The number of ether oxygens (including phenoxy) is 1. The third kappa shape index (κ3) is 4.34. The van der Waals surface area contributed by atoms with Crippen molar-refractivity contribution in [3.05, 3.63) is 69.0 Å². The molecule has 0 fully saturated rings. The first-order valence-corrected chi connectivity index (χ1v) is 9.02. The Morgan fingerprint density at radius 3 is 2.89 bits per heavy atom. The smallest absolute Gasteiger partial charge is 0.164 e. The molecule has 6 nitrogen and oxygen atoms in total. The van der Waals surface area contributed by atoms with E-state index in [9.17, 15) is 5.26 Å². The SMILES string of the molecule is COCc1cc(C)nc(N/N=C/c2ccc(-c3cccc(Cl)c3Cl)o2)c1C#N. The van der Waals surface area contributed by atoms with Crippen LogP contribution in [0.1, 0.15) is 22.6 Å². The molecule has 0 saturated carbocycles. The van der Waals surface area contributed by atoms with Gasteiger partial charge in [-0.05, 0) is 37.3 Å². The van der Waals surface area contributed by atoms with Gasteiger partial charge in [-0.15, -0.1) is 0 Å².